The SMILES string of the molecule is Cc1ccc(N2C(=O)C[C@H](Sc3ccccc3C(=O)Nc3ccc(Cl)cc3)C2=O)cc1. The summed E-state index contributed by atoms with van der Waals surface area (Å²) in [5.74, 6) is -0.807. The molecule has 1 aliphatic heterocycles. The topological polar surface area (TPSA) is 66.5 Å². The van der Waals surface area contributed by atoms with Crippen LogP contribution in [-0.2, 0) is 9.59 Å². The second-order valence-corrected chi connectivity index (χ2v) is 8.85. The number of hydrogen-bond donors (Lipinski definition) is 1. The van der Waals surface area contributed by atoms with Gasteiger partial charge in [0.1, 0.15) is 0 Å². The largest absolute Gasteiger partial charge is 0.322 e. The molecular weight excluding hydrogens is 432 g/mol. The minimum absolute atomic E-state index is 0.0878. The molecule has 3 amide bonds. The van der Waals surface area contributed by atoms with E-state index in [0.717, 1.165) is 5.56 Å². The summed E-state index contributed by atoms with van der Waals surface area (Å²) in [6.07, 6.45) is 0.0878. The first-order valence-corrected chi connectivity index (χ1v) is 10.9. The predicted octanol–water partition coefficient (Wildman–Crippen LogP) is 5.32. The van der Waals surface area contributed by atoms with E-state index < -0.39 is 5.25 Å². The van der Waals surface area contributed by atoms with Gasteiger partial charge >= 0.3 is 0 Å². The summed E-state index contributed by atoms with van der Waals surface area (Å²) < 4.78 is 0. The molecule has 0 radical (unpaired) electrons. The summed E-state index contributed by atoms with van der Waals surface area (Å²) >= 11 is 7.13. The molecule has 1 atom stereocenters. The summed E-state index contributed by atoms with van der Waals surface area (Å²) in [5, 5.41) is 2.83. The normalized spacial score (nSPS) is 15.9. The Balaban J connectivity index is 1.53. The number of nitrogens with zero attached hydrogens (tertiary/aromatic N) is 1. The van der Waals surface area contributed by atoms with Crippen molar-refractivity contribution in [1.29, 1.82) is 0 Å². The Hall–Kier alpha value is -3.09. The molecule has 4 rings (SSSR count). The van der Waals surface area contributed by atoms with Crippen LogP contribution < -0.4 is 10.2 Å². The summed E-state index contributed by atoms with van der Waals surface area (Å²) in [4.78, 5) is 40.3. The number of imide groups is 1. The molecule has 1 saturated heterocycles. The van der Waals surface area contributed by atoms with Gasteiger partial charge in [-0.2, -0.15) is 0 Å². The zero-order chi connectivity index (χ0) is 22.0. The Morgan fingerprint density at radius 3 is 2.39 bits per heavy atom. The fourth-order valence-electron chi connectivity index (χ4n) is 3.30. The Labute approximate surface area is 189 Å². The highest BCUT2D eigenvalue weighted by Gasteiger charge is 2.40. The summed E-state index contributed by atoms with van der Waals surface area (Å²) in [7, 11) is 0. The van der Waals surface area contributed by atoms with Gasteiger partial charge in [0.2, 0.25) is 11.8 Å². The molecule has 1 fully saturated rings. The Morgan fingerprint density at radius 1 is 1.00 bits per heavy atom. The van der Waals surface area contributed by atoms with Gasteiger partial charge in [0.05, 0.1) is 16.5 Å². The minimum atomic E-state index is -0.585. The van der Waals surface area contributed by atoms with Crippen molar-refractivity contribution in [1.82, 2.24) is 0 Å². The Bertz CT molecular complexity index is 1150. The number of hydrogen-bond acceptors (Lipinski definition) is 4. The predicted molar refractivity (Wildman–Crippen MR) is 124 cm³/mol. The number of thioether (sulfide) groups is 1. The van der Waals surface area contributed by atoms with Crippen molar-refractivity contribution in [2.45, 2.75) is 23.5 Å². The van der Waals surface area contributed by atoms with Crippen molar-refractivity contribution in [2.75, 3.05) is 10.2 Å². The number of anilines is 2. The molecule has 1 aliphatic rings. The fourth-order valence-corrected chi connectivity index (χ4v) is 4.61. The summed E-state index contributed by atoms with van der Waals surface area (Å²) in [5.41, 5.74) is 2.68. The third kappa shape index (κ3) is 4.65. The van der Waals surface area contributed by atoms with Gasteiger partial charge in [0.15, 0.2) is 0 Å². The first-order chi connectivity index (χ1) is 14.9. The first kappa shape index (κ1) is 21.2. The van der Waals surface area contributed by atoms with E-state index in [-0.39, 0.29) is 24.1 Å². The quantitative estimate of drug-likeness (QED) is 0.534. The lowest BCUT2D eigenvalue weighted by atomic mass is 10.2. The van der Waals surface area contributed by atoms with E-state index in [2.05, 4.69) is 5.32 Å². The fraction of sp³-hybridized carbons (Fsp3) is 0.125. The van der Waals surface area contributed by atoms with Gasteiger partial charge in [-0.15, -0.1) is 11.8 Å². The van der Waals surface area contributed by atoms with Gasteiger partial charge in [-0.3, -0.25) is 14.4 Å². The minimum Gasteiger partial charge on any atom is -0.322 e. The van der Waals surface area contributed by atoms with E-state index >= 15 is 0 Å². The Morgan fingerprint density at radius 2 is 1.68 bits per heavy atom. The van der Waals surface area contributed by atoms with E-state index in [1.165, 1.54) is 16.7 Å². The molecule has 3 aromatic rings. The first-order valence-electron chi connectivity index (χ1n) is 9.68. The van der Waals surface area contributed by atoms with Gasteiger partial charge in [0.25, 0.3) is 5.91 Å². The number of benzene rings is 3. The second-order valence-electron chi connectivity index (χ2n) is 7.17. The van der Waals surface area contributed by atoms with Crippen molar-refractivity contribution in [3.05, 3.63) is 88.9 Å². The van der Waals surface area contributed by atoms with Crippen LogP contribution in [0.2, 0.25) is 5.02 Å². The van der Waals surface area contributed by atoms with E-state index in [9.17, 15) is 14.4 Å². The maximum atomic E-state index is 13.0. The molecule has 0 unspecified atom stereocenters. The molecule has 31 heavy (non-hydrogen) atoms. The van der Waals surface area contributed by atoms with Crippen LogP contribution in [0.5, 0.6) is 0 Å². The van der Waals surface area contributed by atoms with E-state index in [4.69, 9.17) is 11.6 Å². The van der Waals surface area contributed by atoms with Crippen molar-refractivity contribution in [3.63, 3.8) is 0 Å². The van der Waals surface area contributed by atoms with Crippen molar-refractivity contribution < 1.29 is 14.4 Å². The molecule has 1 N–H and O–H groups in total. The highest BCUT2D eigenvalue weighted by atomic mass is 35.5. The molecule has 1 heterocycles. The average Bonchev–Trinajstić information content (AvgIpc) is 3.04. The molecule has 3 aromatic carbocycles. The lowest BCUT2D eigenvalue weighted by Gasteiger charge is -2.16. The van der Waals surface area contributed by atoms with E-state index in [1.54, 1.807) is 60.7 Å². The molecule has 0 aromatic heterocycles. The molecule has 5 nitrogen and oxygen atoms in total. The molecule has 7 heteroatoms. The van der Waals surface area contributed by atoms with Crippen LogP contribution in [0.1, 0.15) is 22.3 Å². The highest BCUT2D eigenvalue weighted by Crippen LogP contribution is 2.35. The number of aryl methyl sites for hydroxylation is 1. The van der Waals surface area contributed by atoms with Crippen molar-refractivity contribution in [2.24, 2.45) is 0 Å². The molecule has 0 saturated carbocycles. The zero-order valence-corrected chi connectivity index (χ0v) is 18.2. The maximum Gasteiger partial charge on any atom is 0.256 e. The molecule has 0 aliphatic carbocycles. The number of amides is 3. The molecule has 156 valence electrons. The van der Waals surface area contributed by atoms with Gasteiger partial charge in [-0.25, -0.2) is 4.90 Å². The van der Waals surface area contributed by atoms with Crippen LogP contribution in [0, 0.1) is 6.92 Å². The van der Waals surface area contributed by atoms with Crippen LogP contribution in [0.3, 0.4) is 0 Å². The number of nitrogens with one attached hydrogen (secondary N) is 1. The van der Waals surface area contributed by atoms with Gasteiger partial charge < -0.3 is 5.32 Å². The Kier molecular flexibility index (Phi) is 6.11. The van der Waals surface area contributed by atoms with E-state index in [0.29, 0.717) is 26.9 Å². The van der Waals surface area contributed by atoms with Crippen LogP contribution in [0.15, 0.2) is 77.7 Å². The lowest BCUT2D eigenvalue weighted by molar-refractivity contribution is -0.121. The van der Waals surface area contributed by atoms with Crippen molar-refractivity contribution >= 4 is 52.5 Å². The third-order valence-electron chi connectivity index (χ3n) is 4.90. The summed E-state index contributed by atoms with van der Waals surface area (Å²) in [6, 6.07) is 21.2. The lowest BCUT2D eigenvalue weighted by Crippen LogP contribution is -2.31. The van der Waals surface area contributed by atoms with Crippen LogP contribution >= 0.6 is 23.4 Å². The number of carbonyl (C=O) groups is 3. The van der Waals surface area contributed by atoms with Gasteiger partial charge in [-0.05, 0) is 55.5 Å². The van der Waals surface area contributed by atoms with Crippen molar-refractivity contribution in [3.8, 4) is 0 Å². The van der Waals surface area contributed by atoms with Crippen LogP contribution in [0.25, 0.3) is 0 Å². The standard InChI is InChI=1S/C24H19ClN2O3S/c1-15-6-12-18(13-7-15)27-22(28)14-21(24(27)30)31-20-5-3-2-4-19(20)23(29)26-17-10-8-16(25)9-11-17/h2-13,21H,14H2,1H3,(H,26,29)/t21-/m0/s1. The molecule has 0 spiro atoms. The van der Waals surface area contributed by atoms with Crippen LogP contribution in [0.4, 0.5) is 11.4 Å². The second kappa shape index (κ2) is 8.96. The zero-order valence-electron chi connectivity index (χ0n) is 16.7. The average molecular weight is 451 g/mol. The molecule has 0 bridgehead atoms. The highest BCUT2D eigenvalue weighted by molar-refractivity contribution is 8.00. The monoisotopic (exact) mass is 450 g/mol. The molecular formula is C24H19ClN2O3S. The van der Waals surface area contributed by atoms with Gasteiger partial charge in [0, 0.05) is 22.0 Å². The maximum absolute atomic E-state index is 13.0. The smallest absolute Gasteiger partial charge is 0.256 e. The van der Waals surface area contributed by atoms with Gasteiger partial charge in [-0.1, -0.05) is 41.4 Å². The third-order valence-corrected chi connectivity index (χ3v) is 6.42. The summed E-state index contributed by atoms with van der Waals surface area (Å²) in [6.45, 7) is 1.95. The number of halogens is 1. The number of carbonyl (C=O) groups excluding carboxylic acids is 3. The van der Waals surface area contributed by atoms with E-state index in [1.807, 2.05) is 19.1 Å². The number of rotatable bonds is 5. The van der Waals surface area contributed by atoms with Crippen LogP contribution in [-0.4, -0.2) is 23.0 Å².